The van der Waals surface area contributed by atoms with Gasteiger partial charge in [-0.05, 0) is 43.0 Å². The summed E-state index contributed by atoms with van der Waals surface area (Å²) in [7, 11) is 0. The monoisotopic (exact) mass is 411 g/mol. The van der Waals surface area contributed by atoms with E-state index in [0.29, 0.717) is 42.6 Å². The molecule has 2 aliphatic rings. The first-order valence-electron chi connectivity index (χ1n) is 10.4. The Bertz CT molecular complexity index is 919. The standard InChI is InChI=1S/C24H26FNO4/c25-20-7-5-17(6-8-20)21-9-10-26-14-19(21)15-28-22-13-24-23(29-16-30-24)12-18(22)4-2-1-3-11-27/h5-8,12-13,19,21,26-27H,1,3,9-11,14-16H2/t19-,21?/m0/s1. The number of piperidine rings is 1. The molecule has 30 heavy (non-hydrogen) atoms. The number of halogens is 1. The number of aliphatic hydroxyl groups excluding tert-OH is 1. The summed E-state index contributed by atoms with van der Waals surface area (Å²) >= 11 is 0. The number of aliphatic hydroxyl groups is 1. The molecule has 158 valence electrons. The van der Waals surface area contributed by atoms with Gasteiger partial charge >= 0.3 is 0 Å². The van der Waals surface area contributed by atoms with Crippen molar-refractivity contribution in [2.75, 3.05) is 33.1 Å². The third-order valence-corrected chi connectivity index (χ3v) is 5.52. The smallest absolute Gasteiger partial charge is 0.231 e. The van der Waals surface area contributed by atoms with Crippen molar-refractivity contribution >= 4 is 0 Å². The summed E-state index contributed by atoms with van der Waals surface area (Å²) < 4.78 is 30.5. The zero-order valence-corrected chi connectivity index (χ0v) is 16.8. The molecule has 1 fully saturated rings. The molecular weight excluding hydrogens is 385 g/mol. The average molecular weight is 411 g/mol. The molecule has 2 N–H and O–H groups in total. The van der Waals surface area contributed by atoms with E-state index in [1.807, 2.05) is 24.3 Å². The summed E-state index contributed by atoms with van der Waals surface area (Å²) in [5.41, 5.74) is 1.89. The quantitative estimate of drug-likeness (QED) is 0.563. The highest BCUT2D eigenvalue weighted by Crippen LogP contribution is 2.39. The summed E-state index contributed by atoms with van der Waals surface area (Å²) in [6, 6.07) is 10.5. The summed E-state index contributed by atoms with van der Waals surface area (Å²) in [5, 5.41) is 12.4. The second-order valence-corrected chi connectivity index (χ2v) is 7.55. The highest BCUT2D eigenvalue weighted by atomic mass is 19.1. The minimum Gasteiger partial charge on any atom is -0.492 e. The van der Waals surface area contributed by atoms with Crippen LogP contribution in [0.2, 0.25) is 0 Å². The first-order valence-corrected chi connectivity index (χ1v) is 10.4. The molecule has 2 aliphatic heterocycles. The molecule has 2 heterocycles. The van der Waals surface area contributed by atoms with Crippen LogP contribution in [0.25, 0.3) is 0 Å². The van der Waals surface area contributed by atoms with Gasteiger partial charge in [-0.2, -0.15) is 0 Å². The zero-order chi connectivity index (χ0) is 20.8. The van der Waals surface area contributed by atoms with Crippen molar-refractivity contribution in [2.45, 2.75) is 25.2 Å². The van der Waals surface area contributed by atoms with Crippen molar-refractivity contribution in [1.29, 1.82) is 0 Å². The Balaban J connectivity index is 1.51. The predicted molar refractivity (Wildman–Crippen MR) is 111 cm³/mol. The second kappa shape index (κ2) is 9.84. The van der Waals surface area contributed by atoms with Crippen LogP contribution in [0.1, 0.15) is 36.3 Å². The van der Waals surface area contributed by atoms with Crippen molar-refractivity contribution in [2.24, 2.45) is 5.92 Å². The number of hydrogen-bond acceptors (Lipinski definition) is 5. The molecule has 2 aromatic carbocycles. The van der Waals surface area contributed by atoms with Crippen LogP contribution in [0, 0.1) is 23.6 Å². The van der Waals surface area contributed by atoms with Crippen molar-refractivity contribution < 1.29 is 23.7 Å². The summed E-state index contributed by atoms with van der Waals surface area (Å²) in [4.78, 5) is 0. The molecule has 0 aliphatic carbocycles. The topological polar surface area (TPSA) is 60.0 Å². The van der Waals surface area contributed by atoms with Gasteiger partial charge in [0.15, 0.2) is 11.5 Å². The number of unbranched alkanes of at least 4 members (excludes halogenated alkanes) is 1. The van der Waals surface area contributed by atoms with Gasteiger partial charge in [0.25, 0.3) is 0 Å². The average Bonchev–Trinajstić information content (AvgIpc) is 3.23. The van der Waals surface area contributed by atoms with E-state index >= 15 is 0 Å². The molecule has 5 nitrogen and oxygen atoms in total. The first kappa shape index (κ1) is 20.5. The van der Waals surface area contributed by atoms with Gasteiger partial charge in [-0.15, -0.1) is 0 Å². The maximum absolute atomic E-state index is 13.3. The largest absolute Gasteiger partial charge is 0.492 e. The maximum Gasteiger partial charge on any atom is 0.231 e. The fourth-order valence-electron chi connectivity index (χ4n) is 3.91. The molecule has 2 atom stereocenters. The number of ether oxygens (including phenoxy) is 3. The van der Waals surface area contributed by atoms with Crippen LogP contribution in [0.15, 0.2) is 36.4 Å². The van der Waals surface area contributed by atoms with Gasteiger partial charge in [0.2, 0.25) is 6.79 Å². The molecular formula is C24H26FNO4. The van der Waals surface area contributed by atoms with E-state index in [0.717, 1.165) is 30.6 Å². The molecule has 0 spiro atoms. The Kier molecular flexibility index (Phi) is 6.73. The Labute approximate surface area is 176 Å². The Hall–Kier alpha value is -2.75. The lowest BCUT2D eigenvalue weighted by molar-refractivity contribution is 0.173. The highest BCUT2D eigenvalue weighted by molar-refractivity contribution is 5.57. The first-order chi connectivity index (χ1) is 14.7. The third-order valence-electron chi connectivity index (χ3n) is 5.52. The van der Waals surface area contributed by atoms with Gasteiger partial charge in [-0.1, -0.05) is 24.0 Å². The molecule has 2 aromatic rings. The van der Waals surface area contributed by atoms with Crippen LogP contribution >= 0.6 is 0 Å². The maximum atomic E-state index is 13.3. The van der Waals surface area contributed by atoms with Crippen LogP contribution in [0.5, 0.6) is 17.2 Å². The number of nitrogens with one attached hydrogen (secondary N) is 1. The lowest BCUT2D eigenvalue weighted by Gasteiger charge is -2.32. The van der Waals surface area contributed by atoms with Crippen LogP contribution in [-0.2, 0) is 0 Å². The number of hydrogen-bond donors (Lipinski definition) is 2. The van der Waals surface area contributed by atoms with Crippen molar-refractivity contribution in [3.05, 3.63) is 53.3 Å². The van der Waals surface area contributed by atoms with Crippen LogP contribution in [0.4, 0.5) is 4.39 Å². The van der Waals surface area contributed by atoms with E-state index in [-0.39, 0.29) is 25.1 Å². The molecule has 0 radical (unpaired) electrons. The Morgan fingerprint density at radius 3 is 2.77 bits per heavy atom. The molecule has 1 unspecified atom stereocenters. The van der Waals surface area contributed by atoms with Crippen molar-refractivity contribution in [1.82, 2.24) is 5.32 Å². The van der Waals surface area contributed by atoms with E-state index in [1.54, 1.807) is 0 Å². The van der Waals surface area contributed by atoms with Crippen LogP contribution in [0.3, 0.4) is 0 Å². The minimum atomic E-state index is -0.217. The Morgan fingerprint density at radius 2 is 1.97 bits per heavy atom. The lowest BCUT2D eigenvalue weighted by atomic mass is 9.81. The van der Waals surface area contributed by atoms with E-state index in [4.69, 9.17) is 19.3 Å². The number of rotatable bonds is 6. The molecule has 4 rings (SSSR count). The summed E-state index contributed by atoms with van der Waals surface area (Å²) in [6.07, 6.45) is 2.24. The molecule has 0 bridgehead atoms. The van der Waals surface area contributed by atoms with Gasteiger partial charge in [0, 0.05) is 37.6 Å². The minimum absolute atomic E-state index is 0.124. The summed E-state index contributed by atoms with van der Waals surface area (Å²) in [5.74, 6) is 8.54. The van der Waals surface area contributed by atoms with Gasteiger partial charge in [-0.3, -0.25) is 0 Å². The second-order valence-electron chi connectivity index (χ2n) is 7.55. The molecule has 0 saturated carbocycles. The van der Waals surface area contributed by atoms with Crippen LogP contribution in [-0.4, -0.2) is 38.2 Å². The van der Waals surface area contributed by atoms with E-state index in [1.165, 1.54) is 12.1 Å². The SMILES string of the molecule is OCCCC#Cc1cc2c(cc1OC[C@@H]1CNCCC1c1ccc(F)cc1)OCO2. The van der Waals surface area contributed by atoms with Crippen LogP contribution < -0.4 is 19.5 Å². The van der Waals surface area contributed by atoms with Crippen molar-refractivity contribution in [3.63, 3.8) is 0 Å². The molecule has 6 heteroatoms. The fraction of sp³-hybridized carbons (Fsp3) is 0.417. The molecule has 0 aromatic heterocycles. The van der Waals surface area contributed by atoms with Gasteiger partial charge in [0.1, 0.15) is 11.6 Å². The highest BCUT2D eigenvalue weighted by Gasteiger charge is 2.28. The molecule has 0 amide bonds. The van der Waals surface area contributed by atoms with Gasteiger partial charge in [-0.25, -0.2) is 4.39 Å². The number of fused-ring (bicyclic) bond motifs is 1. The summed E-state index contributed by atoms with van der Waals surface area (Å²) in [6.45, 7) is 2.60. The van der Waals surface area contributed by atoms with Crippen molar-refractivity contribution in [3.8, 4) is 29.1 Å². The molecule has 1 saturated heterocycles. The normalized spacial score (nSPS) is 19.8. The van der Waals surface area contributed by atoms with E-state index in [2.05, 4.69) is 17.2 Å². The fourth-order valence-corrected chi connectivity index (χ4v) is 3.91. The predicted octanol–water partition coefficient (Wildman–Crippen LogP) is 3.45. The van der Waals surface area contributed by atoms with Gasteiger partial charge < -0.3 is 24.6 Å². The third kappa shape index (κ3) is 4.86. The zero-order valence-electron chi connectivity index (χ0n) is 16.8. The number of benzene rings is 2. The van der Waals surface area contributed by atoms with E-state index in [9.17, 15) is 4.39 Å². The van der Waals surface area contributed by atoms with E-state index < -0.39 is 0 Å². The lowest BCUT2D eigenvalue weighted by Crippen LogP contribution is -2.38. The van der Waals surface area contributed by atoms with Gasteiger partial charge in [0.05, 0.1) is 12.2 Å². The Morgan fingerprint density at radius 1 is 1.17 bits per heavy atom.